The zero-order valence-electron chi connectivity index (χ0n) is 11.0. The van der Waals surface area contributed by atoms with Gasteiger partial charge in [0.05, 0.1) is 5.92 Å². The lowest BCUT2D eigenvalue weighted by atomic mass is 9.98. The molecule has 5 nitrogen and oxygen atoms in total. The van der Waals surface area contributed by atoms with Gasteiger partial charge in [0.2, 0.25) is 11.7 Å². The molecule has 0 aromatic carbocycles. The van der Waals surface area contributed by atoms with E-state index in [0.717, 1.165) is 19.0 Å². The minimum absolute atomic E-state index is 0.327. The molecule has 2 rings (SSSR count). The molecule has 2 atom stereocenters. The molecule has 96 valence electrons. The van der Waals surface area contributed by atoms with Crippen molar-refractivity contribution in [2.24, 2.45) is 5.92 Å². The van der Waals surface area contributed by atoms with Crippen molar-refractivity contribution in [3.05, 3.63) is 11.7 Å². The van der Waals surface area contributed by atoms with E-state index < -0.39 is 5.60 Å². The molecule has 0 saturated carbocycles. The van der Waals surface area contributed by atoms with Crippen LogP contribution in [0.1, 0.15) is 45.3 Å². The van der Waals surface area contributed by atoms with Gasteiger partial charge in [-0.1, -0.05) is 12.1 Å². The topological polar surface area (TPSA) is 60.2 Å². The van der Waals surface area contributed by atoms with Crippen molar-refractivity contribution in [1.29, 1.82) is 0 Å². The number of rotatable bonds is 4. The molecule has 1 aliphatic heterocycles. The van der Waals surface area contributed by atoms with Gasteiger partial charge in [-0.3, -0.25) is 0 Å². The molecule has 1 fully saturated rings. The van der Waals surface area contributed by atoms with Crippen LogP contribution in [0.2, 0.25) is 0 Å². The highest BCUT2D eigenvalue weighted by atomic mass is 16.5. The Kier molecular flexibility index (Phi) is 3.49. The first-order valence-corrected chi connectivity index (χ1v) is 6.23. The van der Waals surface area contributed by atoms with E-state index in [-0.39, 0.29) is 0 Å². The summed E-state index contributed by atoms with van der Waals surface area (Å²) in [6.07, 6.45) is 0. The highest BCUT2D eigenvalue weighted by Crippen LogP contribution is 2.29. The molecule has 0 bridgehead atoms. The van der Waals surface area contributed by atoms with Crippen molar-refractivity contribution in [2.75, 3.05) is 19.7 Å². The molecule has 0 aliphatic carbocycles. The first-order chi connectivity index (χ1) is 8.04. The number of ether oxygens (including phenoxy) is 1. The van der Waals surface area contributed by atoms with Gasteiger partial charge in [-0.25, -0.2) is 0 Å². The smallest absolute Gasteiger partial charge is 0.231 e. The lowest BCUT2D eigenvalue weighted by molar-refractivity contribution is -0.0221. The average Bonchev–Trinajstić information content (AvgIpc) is 2.85. The second-order valence-electron chi connectivity index (χ2n) is 5.14. The molecule has 5 heteroatoms. The number of hydrogen-bond donors (Lipinski definition) is 1. The van der Waals surface area contributed by atoms with Crippen molar-refractivity contribution in [3.8, 4) is 0 Å². The van der Waals surface area contributed by atoms with Crippen LogP contribution in [0.4, 0.5) is 0 Å². The highest BCUT2D eigenvalue weighted by molar-refractivity contribution is 5.04. The van der Waals surface area contributed by atoms with Crippen LogP contribution < -0.4 is 5.32 Å². The molecular formula is C12H21N3O2. The van der Waals surface area contributed by atoms with E-state index in [0.29, 0.717) is 24.3 Å². The fourth-order valence-corrected chi connectivity index (χ4v) is 2.20. The predicted octanol–water partition coefficient (Wildman–Crippen LogP) is 1.66. The Morgan fingerprint density at radius 3 is 2.82 bits per heavy atom. The van der Waals surface area contributed by atoms with E-state index in [4.69, 9.17) is 9.26 Å². The summed E-state index contributed by atoms with van der Waals surface area (Å²) < 4.78 is 11.0. The van der Waals surface area contributed by atoms with Gasteiger partial charge in [0.1, 0.15) is 5.60 Å². The van der Waals surface area contributed by atoms with Crippen LogP contribution in [0.25, 0.3) is 0 Å². The van der Waals surface area contributed by atoms with Crippen LogP contribution in [0.5, 0.6) is 0 Å². The van der Waals surface area contributed by atoms with Crippen molar-refractivity contribution < 1.29 is 9.26 Å². The van der Waals surface area contributed by atoms with Gasteiger partial charge in [0.25, 0.3) is 0 Å². The predicted molar refractivity (Wildman–Crippen MR) is 63.7 cm³/mol. The zero-order chi connectivity index (χ0) is 12.5. The van der Waals surface area contributed by atoms with E-state index >= 15 is 0 Å². The van der Waals surface area contributed by atoms with E-state index in [1.165, 1.54) is 0 Å². The molecule has 0 amide bonds. The highest BCUT2D eigenvalue weighted by Gasteiger charge is 2.33. The summed E-state index contributed by atoms with van der Waals surface area (Å²) in [5.41, 5.74) is -0.480. The lowest BCUT2D eigenvalue weighted by Crippen LogP contribution is -2.23. The van der Waals surface area contributed by atoms with Gasteiger partial charge in [-0.2, -0.15) is 4.98 Å². The Labute approximate surface area is 102 Å². The van der Waals surface area contributed by atoms with E-state index in [9.17, 15) is 0 Å². The minimum atomic E-state index is -0.480. The molecule has 17 heavy (non-hydrogen) atoms. The standard InChI is InChI=1S/C12H21N3O2/c1-5-16-12(3,4)11-14-10(17-15-11)9-7-13-6-8(9)2/h8-9,13H,5-7H2,1-4H3. The SMILES string of the molecule is CCOC(C)(C)c1noc(C2CNCC2C)n1. The third-order valence-corrected chi connectivity index (χ3v) is 3.32. The maximum Gasteiger partial charge on any atom is 0.231 e. The van der Waals surface area contributed by atoms with Crippen molar-refractivity contribution >= 4 is 0 Å². The molecule has 1 aromatic heterocycles. The number of nitrogens with zero attached hydrogens (tertiary/aromatic N) is 2. The van der Waals surface area contributed by atoms with Gasteiger partial charge in [0, 0.05) is 13.2 Å². The average molecular weight is 239 g/mol. The van der Waals surface area contributed by atoms with E-state index in [2.05, 4.69) is 22.4 Å². The Morgan fingerprint density at radius 1 is 1.47 bits per heavy atom. The van der Waals surface area contributed by atoms with Crippen LogP contribution in [0, 0.1) is 5.92 Å². The third-order valence-electron chi connectivity index (χ3n) is 3.32. The van der Waals surface area contributed by atoms with Crippen LogP contribution in [-0.2, 0) is 10.3 Å². The summed E-state index contributed by atoms with van der Waals surface area (Å²) in [6.45, 7) is 10.6. The van der Waals surface area contributed by atoms with Crippen molar-refractivity contribution in [2.45, 2.75) is 39.2 Å². The second-order valence-corrected chi connectivity index (χ2v) is 5.14. The van der Waals surface area contributed by atoms with Gasteiger partial charge >= 0.3 is 0 Å². The molecule has 2 unspecified atom stereocenters. The first-order valence-electron chi connectivity index (χ1n) is 6.23. The molecule has 1 aromatic rings. The number of nitrogens with one attached hydrogen (secondary N) is 1. The van der Waals surface area contributed by atoms with E-state index in [1.807, 2.05) is 20.8 Å². The Morgan fingerprint density at radius 2 is 2.24 bits per heavy atom. The maximum atomic E-state index is 5.62. The molecule has 2 heterocycles. The van der Waals surface area contributed by atoms with Gasteiger partial charge < -0.3 is 14.6 Å². The van der Waals surface area contributed by atoms with Crippen LogP contribution in [0.3, 0.4) is 0 Å². The summed E-state index contributed by atoms with van der Waals surface area (Å²) in [5, 5.41) is 7.38. The lowest BCUT2D eigenvalue weighted by Gasteiger charge is -2.19. The zero-order valence-corrected chi connectivity index (χ0v) is 11.0. The molecule has 1 N–H and O–H groups in total. The Hall–Kier alpha value is -0.940. The van der Waals surface area contributed by atoms with Gasteiger partial charge in [0.15, 0.2) is 0 Å². The summed E-state index contributed by atoms with van der Waals surface area (Å²) in [4.78, 5) is 4.49. The van der Waals surface area contributed by atoms with Gasteiger partial charge in [-0.05, 0) is 33.2 Å². The summed E-state index contributed by atoms with van der Waals surface area (Å²) in [7, 11) is 0. The summed E-state index contributed by atoms with van der Waals surface area (Å²) in [5.74, 6) is 2.23. The maximum absolute atomic E-state index is 5.62. The number of hydrogen-bond acceptors (Lipinski definition) is 5. The fourth-order valence-electron chi connectivity index (χ4n) is 2.20. The Balaban J connectivity index is 2.15. The molecular weight excluding hydrogens is 218 g/mol. The summed E-state index contributed by atoms with van der Waals surface area (Å²) >= 11 is 0. The van der Waals surface area contributed by atoms with Crippen LogP contribution in [0.15, 0.2) is 4.52 Å². The molecule has 0 spiro atoms. The monoisotopic (exact) mass is 239 g/mol. The van der Waals surface area contributed by atoms with Crippen molar-refractivity contribution in [1.82, 2.24) is 15.5 Å². The number of aromatic nitrogens is 2. The first kappa shape index (κ1) is 12.5. The molecule has 1 aliphatic rings. The molecule has 0 radical (unpaired) electrons. The third kappa shape index (κ3) is 2.50. The van der Waals surface area contributed by atoms with Crippen LogP contribution in [-0.4, -0.2) is 29.8 Å². The summed E-state index contributed by atoms with van der Waals surface area (Å²) in [6, 6.07) is 0. The normalized spacial score (nSPS) is 25.4. The largest absolute Gasteiger partial charge is 0.368 e. The van der Waals surface area contributed by atoms with E-state index in [1.54, 1.807) is 0 Å². The minimum Gasteiger partial charge on any atom is -0.368 e. The van der Waals surface area contributed by atoms with Crippen LogP contribution >= 0.6 is 0 Å². The van der Waals surface area contributed by atoms with Gasteiger partial charge in [-0.15, -0.1) is 0 Å². The fraction of sp³-hybridized carbons (Fsp3) is 0.833. The molecule has 1 saturated heterocycles. The van der Waals surface area contributed by atoms with Crippen molar-refractivity contribution in [3.63, 3.8) is 0 Å². The quantitative estimate of drug-likeness (QED) is 0.866. The second kappa shape index (κ2) is 4.74. The Bertz CT molecular complexity index is 376.